The van der Waals surface area contributed by atoms with Crippen molar-refractivity contribution in [2.75, 3.05) is 0 Å². The molecule has 0 spiro atoms. The summed E-state index contributed by atoms with van der Waals surface area (Å²) in [6.07, 6.45) is 2.31. The van der Waals surface area contributed by atoms with Gasteiger partial charge in [0.15, 0.2) is 5.78 Å². The third-order valence-corrected chi connectivity index (χ3v) is 10.8. The minimum atomic E-state index is -2.12. The van der Waals surface area contributed by atoms with E-state index in [9.17, 15) is 24.6 Å². The highest BCUT2D eigenvalue weighted by atomic mass is 16.6. The summed E-state index contributed by atoms with van der Waals surface area (Å²) in [5.41, 5.74) is -8.36. The lowest BCUT2D eigenvalue weighted by Crippen LogP contribution is -2.71. The molecule has 0 aromatic carbocycles. The Hall–Kier alpha value is -1.73. The van der Waals surface area contributed by atoms with Gasteiger partial charge in [0.05, 0.1) is 5.60 Å². The van der Waals surface area contributed by atoms with Crippen LogP contribution in [0.3, 0.4) is 0 Å². The Morgan fingerprint density at radius 2 is 1.76 bits per heavy atom. The first-order valence-electron chi connectivity index (χ1n) is 12.7. The number of aliphatic hydroxyl groups is 2. The average molecular weight is 475 g/mol. The van der Waals surface area contributed by atoms with Gasteiger partial charge in [0.1, 0.15) is 22.0 Å². The summed E-state index contributed by atoms with van der Waals surface area (Å²) in [6, 6.07) is 0. The van der Waals surface area contributed by atoms with E-state index in [1.807, 2.05) is 13.8 Å². The van der Waals surface area contributed by atoms with Crippen LogP contribution in [0.1, 0.15) is 80.1 Å². The van der Waals surface area contributed by atoms with Crippen LogP contribution >= 0.6 is 0 Å². The van der Waals surface area contributed by atoms with Crippen molar-refractivity contribution in [1.29, 1.82) is 0 Å². The normalized spacial score (nSPS) is 53.9. The predicted molar refractivity (Wildman–Crippen MR) is 122 cm³/mol. The molecule has 2 N–H and O–H groups in total. The van der Waals surface area contributed by atoms with Gasteiger partial charge in [-0.2, -0.15) is 0 Å². The largest absolute Gasteiger partial charge is 0.459 e. The van der Waals surface area contributed by atoms with E-state index in [0.717, 1.165) is 0 Å². The van der Waals surface area contributed by atoms with Crippen LogP contribution in [0, 0.1) is 34.5 Å². The Labute approximate surface area is 201 Å². The third kappa shape index (κ3) is 2.25. The standard InChI is InChI=1S/C27H38O7/c1-8-15(4)19(28)26-17(14(2)3)11-22(5,20(29)34-26)27(26,32)25-12-18-16(9-10-23(18,6)31)24(7,13-25)33-21(25)30/h15-18,31-32H,2,8-13H2,1,3-7H3/t15-,16-,17-,18-,22-,23+,24-,25+,26+,27+/m0/s1. The van der Waals surface area contributed by atoms with Gasteiger partial charge in [-0.25, -0.2) is 0 Å². The number of carbonyl (C=O) groups is 3. The fraction of sp³-hybridized carbons (Fsp3) is 0.815. The van der Waals surface area contributed by atoms with Gasteiger partial charge in [-0.15, -0.1) is 0 Å². The van der Waals surface area contributed by atoms with Gasteiger partial charge in [-0.3, -0.25) is 14.4 Å². The quantitative estimate of drug-likeness (QED) is 0.465. The molecule has 0 amide bonds. The van der Waals surface area contributed by atoms with Gasteiger partial charge in [0.25, 0.3) is 0 Å². The molecule has 34 heavy (non-hydrogen) atoms. The van der Waals surface area contributed by atoms with E-state index in [0.29, 0.717) is 24.8 Å². The summed E-state index contributed by atoms with van der Waals surface area (Å²) in [5, 5.41) is 24.3. The van der Waals surface area contributed by atoms with Crippen LogP contribution in [0.5, 0.6) is 0 Å². The first-order valence-corrected chi connectivity index (χ1v) is 12.7. The molecule has 5 rings (SSSR count). The molecule has 188 valence electrons. The minimum absolute atomic E-state index is 0.0488. The third-order valence-electron chi connectivity index (χ3n) is 10.8. The summed E-state index contributed by atoms with van der Waals surface area (Å²) in [6.45, 7) is 14.8. The summed E-state index contributed by atoms with van der Waals surface area (Å²) >= 11 is 0. The fourth-order valence-corrected chi connectivity index (χ4v) is 8.89. The van der Waals surface area contributed by atoms with Crippen LogP contribution in [0.4, 0.5) is 0 Å². The van der Waals surface area contributed by atoms with E-state index < -0.39 is 57.0 Å². The van der Waals surface area contributed by atoms with E-state index >= 15 is 0 Å². The maximum atomic E-state index is 14.2. The molecule has 5 fully saturated rings. The molecule has 0 aromatic heterocycles. The summed E-state index contributed by atoms with van der Waals surface area (Å²) < 4.78 is 12.1. The Bertz CT molecular complexity index is 1020. The molecule has 0 aromatic rings. The maximum Gasteiger partial charge on any atom is 0.316 e. The van der Waals surface area contributed by atoms with E-state index in [1.54, 1.807) is 27.7 Å². The van der Waals surface area contributed by atoms with Gasteiger partial charge >= 0.3 is 11.9 Å². The van der Waals surface area contributed by atoms with E-state index in [1.165, 1.54) is 0 Å². The van der Waals surface area contributed by atoms with Crippen LogP contribution in [-0.4, -0.2) is 50.3 Å². The van der Waals surface area contributed by atoms with Gasteiger partial charge in [0, 0.05) is 24.2 Å². The molecule has 2 aliphatic heterocycles. The first kappa shape index (κ1) is 24.0. The molecule has 10 atom stereocenters. The summed E-state index contributed by atoms with van der Waals surface area (Å²) in [5.74, 6) is -3.07. The average Bonchev–Trinajstić information content (AvgIpc) is 3.32. The van der Waals surface area contributed by atoms with Crippen molar-refractivity contribution in [3.05, 3.63) is 12.2 Å². The van der Waals surface area contributed by atoms with Crippen molar-refractivity contribution in [2.45, 2.75) is 102 Å². The van der Waals surface area contributed by atoms with Crippen LogP contribution in [-0.2, 0) is 23.9 Å². The molecule has 0 unspecified atom stereocenters. The van der Waals surface area contributed by atoms with Crippen LogP contribution < -0.4 is 0 Å². The van der Waals surface area contributed by atoms with Crippen LogP contribution in [0.15, 0.2) is 12.2 Å². The van der Waals surface area contributed by atoms with Gasteiger partial charge < -0.3 is 19.7 Å². The van der Waals surface area contributed by atoms with Crippen LogP contribution in [0.25, 0.3) is 0 Å². The zero-order chi connectivity index (χ0) is 25.3. The highest BCUT2D eigenvalue weighted by Crippen LogP contribution is 2.76. The Balaban J connectivity index is 1.79. The number of hydrogen-bond acceptors (Lipinski definition) is 7. The summed E-state index contributed by atoms with van der Waals surface area (Å²) in [7, 11) is 0. The maximum absolute atomic E-state index is 14.2. The van der Waals surface area contributed by atoms with Gasteiger partial charge in [0.2, 0.25) is 5.60 Å². The molecule has 0 radical (unpaired) electrons. The molecule has 5 aliphatic rings. The molecule has 7 heteroatoms. The predicted octanol–water partition coefficient (Wildman–Crippen LogP) is 3.10. The first-order chi connectivity index (χ1) is 15.6. The Morgan fingerprint density at radius 3 is 2.35 bits per heavy atom. The van der Waals surface area contributed by atoms with Crippen molar-refractivity contribution < 1.29 is 34.1 Å². The van der Waals surface area contributed by atoms with Crippen molar-refractivity contribution in [3.63, 3.8) is 0 Å². The number of ketones is 1. The zero-order valence-electron chi connectivity index (χ0n) is 21.2. The number of Topliss-reactive ketones (excluding diaryl/α,β-unsaturated/α-hetero) is 1. The smallest absolute Gasteiger partial charge is 0.316 e. The minimum Gasteiger partial charge on any atom is -0.459 e. The Kier molecular flexibility index (Phi) is 4.60. The number of esters is 2. The van der Waals surface area contributed by atoms with Crippen molar-refractivity contribution in [2.24, 2.45) is 34.5 Å². The molecule has 2 heterocycles. The van der Waals surface area contributed by atoms with Crippen molar-refractivity contribution in [1.82, 2.24) is 0 Å². The lowest BCUT2D eigenvalue weighted by molar-refractivity contribution is -0.215. The lowest BCUT2D eigenvalue weighted by atomic mass is 9.48. The van der Waals surface area contributed by atoms with Crippen LogP contribution in [0.2, 0.25) is 0 Å². The molecule has 2 saturated heterocycles. The van der Waals surface area contributed by atoms with Crippen molar-refractivity contribution >= 4 is 17.7 Å². The van der Waals surface area contributed by atoms with Gasteiger partial charge in [-0.1, -0.05) is 26.0 Å². The number of rotatable bonds is 5. The highest BCUT2D eigenvalue weighted by Gasteiger charge is 2.92. The van der Waals surface area contributed by atoms with E-state index in [2.05, 4.69) is 6.58 Å². The molecule has 4 bridgehead atoms. The number of carbonyl (C=O) groups excluding carboxylic acids is 3. The molecule has 3 saturated carbocycles. The summed E-state index contributed by atoms with van der Waals surface area (Å²) in [4.78, 5) is 41.5. The number of hydrogen-bond donors (Lipinski definition) is 2. The monoisotopic (exact) mass is 474 g/mol. The molecule has 3 aliphatic carbocycles. The van der Waals surface area contributed by atoms with Gasteiger partial charge in [-0.05, 0) is 65.7 Å². The highest BCUT2D eigenvalue weighted by molar-refractivity contribution is 6.02. The second-order valence-corrected chi connectivity index (χ2v) is 12.7. The van der Waals surface area contributed by atoms with Crippen molar-refractivity contribution in [3.8, 4) is 0 Å². The second-order valence-electron chi connectivity index (χ2n) is 12.7. The number of ether oxygens (including phenoxy) is 2. The molecule has 7 nitrogen and oxygen atoms in total. The Morgan fingerprint density at radius 1 is 1.12 bits per heavy atom. The zero-order valence-corrected chi connectivity index (χ0v) is 21.2. The van der Waals surface area contributed by atoms with E-state index in [4.69, 9.17) is 9.47 Å². The SMILES string of the molecule is C=C(C)[C@@H]1C[C@@]2(C)C(=O)O[C@]1(C(=O)[C@@H](C)CC)[C@]2(O)[C@]12C[C@H]3[C@H](CC[C@@]3(C)O)[C@](C)(C1)OC2=O. The second kappa shape index (κ2) is 6.52. The topological polar surface area (TPSA) is 110 Å². The fourth-order valence-electron chi connectivity index (χ4n) is 8.89. The van der Waals surface area contributed by atoms with E-state index in [-0.39, 0.29) is 36.9 Å². The molecular formula is C27H38O7. The lowest BCUT2D eigenvalue weighted by Gasteiger charge is -2.54. The number of fused-ring (bicyclic) bond motifs is 7. The molecular weight excluding hydrogens is 436 g/mol.